The van der Waals surface area contributed by atoms with Crippen LogP contribution < -0.4 is 9.64 Å². The number of nitro benzene ring substituents is 1. The number of carbonyl (C=O) groups is 1. The van der Waals surface area contributed by atoms with Crippen LogP contribution in [0.3, 0.4) is 0 Å². The average molecular weight is 434 g/mol. The highest BCUT2D eigenvalue weighted by atomic mass is 79.9. The lowest BCUT2D eigenvalue weighted by molar-refractivity contribution is -0.385. The minimum atomic E-state index is -0.499. The number of hydrogen-bond acceptors (Lipinski definition) is 6. The summed E-state index contributed by atoms with van der Waals surface area (Å²) in [6.45, 7) is 0. The topological polar surface area (TPSA) is 96.5 Å². The molecule has 1 aliphatic rings. The maximum absolute atomic E-state index is 12.7. The first kappa shape index (κ1) is 18.2. The van der Waals surface area contributed by atoms with E-state index in [0.717, 1.165) is 11.8 Å². The van der Waals surface area contributed by atoms with E-state index in [2.05, 4.69) is 15.9 Å². The van der Waals surface area contributed by atoms with Gasteiger partial charge in [0.1, 0.15) is 5.75 Å². The maximum atomic E-state index is 12.7. The number of methoxy groups -OCH3 is 1. The molecule has 1 aliphatic heterocycles. The molecule has 9 heteroatoms. The number of thioether (sulfide) groups is 1. The molecule has 0 aromatic heterocycles. The lowest BCUT2D eigenvalue weighted by Gasteiger charge is -2.14. The second-order valence-electron chi connectivity index (χ2n) is 5.22. The third-order valence-electron chi connectivity index (χ3n) is 3.62. The number of nitrogens with one attached hydrogen (secondary N) is 1. The molecule has 1 heterocycles. The van der Waals surface area contributed by atoms with Crippen LogP contribution in [-0.2, 0) is 4.79 Å². The van der Waals surface area contributed by atoms with Gasteiger partial charge in [-0.05, 0) is 69.7 Å². The molecule has 0 atom stereocenters. The van der Waals surface area contributed by atoms with Crippen molar-refractivity contribution < 1.29 is 14.5 Å². The van der Waals surface area contributed by atoms with Crippen molar-refractivity contribution in [3.63, 3.8) is 0 Å². The summed E-state index contributed by atoms with van der Waals surface area (Å²) in [6, 6.07) is 11.4. The monoisotopic (exact) mass is 433 g/mol. The van der Waals surface area contributed by atoms with E-state index in [1.807, 2.05) is 0 Å². The molecule has 0 saturated carbocycles. The summed E-state index contributed by atoms with van der Waals surface area (Å²) in [5.74, 6) is 0.299. The Morgan fingerprint density at radius 3 is 2.58 bits per heavy atom. The number of benzene rings is 2. The Bertz CT molecular complexity index is 944. The van der Waals surface area contributed by atoms with Crippen molar-refractivity contribution in [1.82, 2.24) is 0 Å². The predicted octanol–water partition coefficient (Wildman–Crippen LogP) is 4.42. The van der Waals surface area contributed by atoms with Crippen molar-refractivity contribution in [2.45, 2.75) is 0 Å². The standard InChI is InChI=1S/C17H12BrN3O4S/c1-25-12-5-3-11(4-6-12)20-16(22)15(26-17(20)19)9-10-2-7-13(18)14(8-10)21(23)24/h2-9,19H,1H3/b15-9+,19-17?. The molecule has 0 radical (unpaired) electrons. The highest BCUT2D eigenvalue weighted by molar-refractivity contribution is 9.10. The van der Waals surface area contributed by atoms with Crippen molar-refractivity contribution in [2.24, 2.45) is 0 Å². The molecule has 1 fully saturated rings. The first-order valence-corrected chi connectivity index (χ1v) is 8.92. The fourth-order valence-electron chi connectivity index (χ4n) is 2.36. The number of amides is 1. The first-order chi connectivity index (χ1) is 12.4. The molecule has 0 aliphatic carbocycles. The number of halogens is 1. The van der Waals surface area contributed by atoms with Gasteiger partial charge >= 0.3 is 0 Å². The normalized spacial score (nSPS) is 15.6. The zero-order valence-corrected chi connectivity index (χ0v) is 15.8. The summed E-state index contributed by atoms with van der Waals surface area (Å²) < 4.78 is 5.46. The highest BCUT2D eigenvalue weighted by Gasteiger charge is 2.33. The molecule has 2 aromatic rings. The molecule has 0 unspecified atom stereocenters. The molecule has 1 saturated heterocycles. The van der Waals surface area contributed by atoms with Crippen LogP contribution in [0, 0.1) is 15.5 Å². The van der Waals surface area contributed by atoms with Gasteiger partial charge in [0.15, 0.2) is 5.17 Å². The first-order valence-electron chi connectivity index (χ1n) is 7.31. The lowest BCUT2D eigenvalue weighted by Crippen LogP contribution is -2.27. The number of hydrogen-bond donors (Lipinski definition) is 1. The minimum absolute atomic E-state index is 0.0676. The van der Waals surface area contributed by atoms with Crippen LogP contribution >= 0.6 is 27.7 Å². The van der Waals surface area contributed by atoms with Crippen LogP contribution in [0.2, 0.25) is 0 Å². The Balaban J connectivity index is 1.92. The average Bonchev–Trinajstić information content (AvgIpc) is 2.90. The third kappa shape index (κ3) is 3.49. The number of anilines is 1. The van der Waals surface area contributed by atoms with E-state index in [1.165, 1.54) is 11.0 Å². The van der Waals surface area contributed by atoms with Gasteiger partial charge in [-0.1, -0.05) is 6.07 Å². The van der Waals surface area contributed by atoms with Crippen molar-refractivity contribution in [3.05, 3.63) is 67.5 Å². The van der Waals surface area contributed by atoms with Gasteiger partial charge in [-0.25, -0.2) is 0 Å². The molecule has 3 rings (SSSR count). The highest BCUT2D eigenvalue weighted by Crippen LogP contribution is 2.36. The molecule has 0 spiro atoms. The lowest BCUT2D eigenvalue weighted by atomic mass is 10.2. The smallest absolute Gasteiger partial charge is 0.284 e. The third-order valence-corrected chi connectivity index (χ3v) is 5.18. The number of nitro groups is 1. The zero-order chi connectivity index (χ0) is 18.8. The van der Waals surface area contributed by atoms with Crippen molar-refractivity contribution in [3.8, 4) is 5.75 Å². The van der Waals surface area contributed by atoms with Crippen LogP contribution in [0.25, 0.3) is 6.08 Å². The van der Waals surface area contributed by atoms with E-state index < -0.39 is 4.92 Å². The molecular formula is C17H12BrN3O4S. The van der Waals surface area contributed by atoms with E-state index in [0.29, 0.717) is 26.4 Å². The predicted molar refractivity (Wildman–Crippen MR) is 105 cm³/mol. The Labute approximate surface area is 161 Å². The van der Waals surface area contributed by atoms with Crippen molar-refractivity contribution in [1.29, 1.82) is 5.41 Å². The minimum Gasteiger partial charge on any atom is -0.497 e. The molecule has 1 amide bonds. The van der Waals surface area contributed by atoms with Crippen molar-refractivity contribution >= 4 is 56.2 Å². The van der Waals surface area contributed by atoms with E-state index >= 15 is 0 Å². The summed E-state index contributed by atoms with van der Waals surface area (Å²) in [5.41, 5.74) is 0.982. The summed E-state index contributed by atoms with van der Waals surface area (Å²) in [5, 5.41) is 19.2. The SMILES string of the molecule is COc1ccc(N2C(=N)S/C(=C/c3ccc(Br)c([N+](=O)[O-])c3)C2=O)cc1. The van der Waals surface area contributed by atoms with E-state index in [9.17, 15) is 14.9 Å². The van der Waals surface area contributed by atoms with Gasteiger partial charge in [-0.2, -0.15) is 0 Å². The van der Waals surface area contributed by atoms with Crippen LogP contribution in [0.1, 0.15) is 5.56 Å². The number of ether oxygens (including phenoxy) is 1. The summed E-state index contributed by atoms with van der Waals surface area (Å²) in [4.78, 5) is 24.8. The van der Waals surface area contributed by atoms with Gasteiger partial charge < -0.3 is 4.74 Å². The van der Waals surface area contributed by atoms with Gasteiger partial charge in [0.2, 0.25) is 0 Å². The Hall–Kier alpha value is -2.65. The Kier molecular flexibility index (Phi) is 5.10. The Morgan fingerprint density at radius 1 is 1.27 bits per heavy atom. The maximum Gasteiger partial charge on any atom is 0.284 e. The molecule has 2 aromatic carbocycles. The summed E-state index contributed by atoms with van der Waals surface area (Å²) >= 11 is 4.14. The van der Waals surface area contributed by atoms with Crippen LogP contribution in [-0.4, -0.2) is 23.1 Å². The van der Waals surface area contributed by atoms with Crippen LogP contribution in [0.5, 0.6) is 5.75 Å². The second-order valence-corrected chi connectivity index (χ2v) is 7.11. The molecule has 1 N–H and O–H groups in total. The number of carbonyl (C=O) groups excluding carboxylic acids is 1. The Morgan fingerprint density at radius 2 is 1.96 bits per heavy atom. The molecule has 0 bridgehead atoms. The van der Waals surface area contributed by atoms with Gasteiger partial charge in [0.25, 0.3) is 11.6 Å². The molecule has 132 valence electrons. The number of nitrogens with zero attached hydrogens (tertiary/aromatic N) is 2. The largest absolute Gasteiger partial charge is 0.497 e. The number of amidine groups is 1. The van der Waals surface area contributed by atoms with Gasteiger partial charge in [0.05, 0.1) is 27.1 Å². The fraction of sp³-hybridized carbons (Fsp3) is 0.0588. The zero-order valence-electron chi connectivity index (χ0n) is 13.4. The molecule has 7 nitrogen and oxygen atoms in total. The molecular weight excluding hydrogens is 422 g/mol. The molecule has 26 heavy (non-hydrogen) atoms. The fourth-order valence-corrected chi connectivity index (χ4v) is 3.62. The van der Waals surface area contributed by atoms with Gasteiger partial charge in [-0.3, -0.25) is 25.2 Å². The number of rotatable bonds is 4. The van der Waals surface area contributed by atoms with Crippen LogP contribution in [0.4, 0.5) is 11.4 Å². The second kappa shape index (κ2) is 7.30. The van der Waals surface area contributed by atoms with Gasteiger partial charge in [0, 0.05) is 6.07 Å². The van der Waals surface area contributed by atoms with E-state index in [-0.39, 0.29) is 16.8 Å². The van der Waals surface area contributed by atoms with Crippen LogP contribution in [0.15, 0.2) is 51.8 Å². The van der Waals surface area contributed by atoms with Gasteiger partial charge in [-0.15, -0.1) is 0 Å². The van der Waals surface area contributed by atoms with Crippen molar-refractivity contribution in [2.75, 3.05) is 12.0 Å². The summed E-state index contributed by atoms with van der Waals surface area (Å²) in [7, 11) is 1.55. The van der Waals surface area contributed by atoms with E-state index in [4.69, 9.17) is 10.1 Å². The quantitative estimate of drug-likeness (QED) is 0.437. The van der Waals surface area contributed by atoms with E-state index in [1.54, 1.807) is 49.6 Å². The summed E-state index contributed by atoms with van der Waals surface area (Å²) in [6.07, 6.45) is 1.55.